The first-order chi connectivity index (χ1) is 13.6. The van der Waals surface area contributed by atoms with Crippen molar-refractivity contribution in [3.63, 3.8) is 0 Å². The van der Waals surface area contributed by atoms with Gasteiger partial charge in [-0.15, -0.1) is 24.0 Å². The molecule has 1 aromatic rings. The molecule has 8 heteroatoms. The second kappa shape index (κ2) is 17.3. The molecule has 0 saturated heterocycles. The molecule has 1 rings (SSSR count). The quantitative estimate of drug-likeness (QED) is 0.136. The van der Waals surface area contributed by atoms with Crippen molar-refractivity contribution in [1.29, 1.82) is 0 Å². The molecule has 0 spiro atoms. The Labute approximate surface area is 192 Å². The van der Waals surface area contributed by atoms with Crippen LogP contribution in [0.1, 0.15) is 44.7 Å². The number of nitrogens with one attached hydrogen (secondary N) is 2. The van der Waals surface area contributed by atoms with Gasteiger partial charge in [-0.3, -0.25) is 4.79 Å². The largest absolute Gasteiger partial charge is 0.491 e. The second-order valence-corrected chi connectivity index (χ2v) is 6.19. The first-order valence-electron chi connectivity index (χ1n) is 10.1. The molecule has 7 nitrogen and oxygen atoms in total. The molecule has 0 aliphatic rings. The predicted octanol–water partition coefficient (Wildman–Crippen LogP) is 3.43. The maximum absolute atomic E-state index is 11.4. The molecule has 0 radical (unpaired) electrons. The fraction of sp³-hybridized carbons (Fsp3) is 0.619. The molecule has 0 aliphatic heterocycles. The third-order valence-corrected chi connectivity index (χ3v) is 3.82. The number of ether oxygens (including phenoxy) is 3. The number of rotatable bonds is 13. The van der Waals surface area contributed by atoms with Gasteiger partial charge in [0.1, 0.15) is 12.4 Å². The Morgan fingerprint density at radius 3 is 2.59 bits per heavy atom. The van der Waals surface area contributed by atoms with Gasteiger partial charge < -0.3 is 24.8 Å². The van der Waals surface area contributed by atoms with Gasteiger partial charge in [-0.1, -0.05) is 12.1 Å². The molecule has 0 aromatic heterocycles. The standard InChI is InChI=1S/C21H35N3O4.HI/c1-5-22-21(23-12-8-9-20(25)27-7-3)24-16-18-11-10-17(4)15-19(18)28-14-13-26-6-2;/h10-11,15H,5-9,12-14,16H2,1-4H3,(H2,22,23,24);1H. The van der Waals surface area contributed by atoms with Crippen molar-refractivity contribution in [1.82, 2.24) is 10.6 Å². The summed E-state index contributed by atoms with van der Waals surface area (Å²) < 4.78 is 16.1. The SMILES string of the molecule is CCNC(=NCc1ccc(C)cc1OCCOCC)NCCCC(=O)OCC.I. The molecule has 1 aromatic carbocycles. The predicted molar refractivity (Wildman–Crippen MR) is 127 cm³/mol. The van der Waals surface area contributed by atoms with E-state index in [0.717, 1.165) is 23.4 Å². The van der Waals surface area contributed by atoms with Crippen molar-refractivity contribution in [2.45, 2.75) is 47.1 Å². The van der Waals surface area contributed by atoms with Crippen molar-refractivity contribution in [3.8, 4) is 5.75 Å². The second-order valence-electron chi connectivity index (χ2n) is 6.19. The Morgan fingerprint density at radius 2 is 1.90 bits per heavy atom. The first kappa shape index (κ1) is 27.5. The van der Waals surface area contributed by atoms with Crippen molar-refractivity contribution in [2.75, 3.05) is 39.5 Å². The molecule has 0 aliphatic carbocycles. The van der Waals surface area contributed by atoms with Crippen molar-refractivity contribution >= 4 is 35.9 Å². The minimum atomic E-state index is -0.167. The van der Waals surface area contributed by atoms with E-state index in [2.05, 4.69) is 21.7 Å². The highest BCUT2D eigenvalue weighted by Gasteiger charge is 2.06. The van der Waals surface area contributed by atoms with Crippen LogP contribution in [0.3, 0.4) is 0 Å². The number of halogens is 1. The zero-order valence-corrected chi connectivity index (χ0v) is 20.4. The molecule has 29 heavy (non-hydrogen) atoms. The van der Waals surface area contributed by atoms with E-state index >= 15 is 0 Å². The first-order valence-corrected chi connectivity index (χ1v) is 10.1. The van der Waals surface area contributed by atoms with Crippen LogP contribution in [0.5, 0.6) is 5.75 Å². The number of esters is 1. The van der Waals surface area contributed by atoms with Gasteiger partial charge in [0.25, 0.3) is 0 Å². The Balaban J connectivity index is 0.00000784. The van der Waals surface area contributed by atoms with Crippen LogP contribution in [-0.4, -0.2) is 51.4 Å². The summed E-state index contributed by atoms with van der Waals surface area (Å²) in [5, 5.41) is 6.47. The lowest BCUT2D eigenvalue weighted by atomic mass is 10.1. The molecule has 0 fully saturated rings. The van der Waals surface area contributed by atoms with Crippen molar-refractivity contribution in [3.05, 3.63) is 29.3 Å². The lowest BCUT2D eigenvalue weighted by Gasteiger charge is -2.13. The Kier molecular flexibility index (Phi) is 16.4. The van der Waals surface area contributed by atoms with Gasteiger partial charge in [0.15, 0.2) is 5.96 Å². The lowest BCUT2D eigenvalue weighted by molar-refractivity contribution is -0.143. The summed E-state index contributed by atoms with van der Waals surface area (Å²) in [5.41, 5.74) is 2.16. The van der Waals surface area contributed by atoms with Gasteiger partial charge in [0.2, 0.25) is 0 Å². The van der Waals surface area contributed by atoms with E-state index in [9.17, 15) is 4.79 Å². The Bertz CT molecular complexity index is 612. The van der Waals surface area contributed by atoms with E-state index in [1.165, 1.54) is 0 Å². The molecular weight excluding hydrogens is 485 g/mol. The number of nitrogens with zero attached hydrogens (tertiary/aromatic N) is 1. The maximum atomic E-state index is 11.4. The Morgan fingerprint density at radius 1 is 1.10 bits per heavy atom. The van der Waals surface area contributed by atoms with E-state index in [1.807, 2.05) is 39.8 Å². The average Bonchev–Trinajstić information content (AvgIpc) is 2.68. The summed E-state index contributed by atoms with van der Waals surface area (Å²) in [6.07, 6.45) is 1.09. The topological polar surface area (TPSA) is 81.2 Å². The van der Waals surface area contributed by atoms with E-state index in [4.69, 9.17) is 14.2 Å². The number of guanidine groups is 1. The fourth-order valence-corrected chi connectivity index (χ4v) is 2.46. The molecule has 166 valence electrons. The number of aryl methyl sites for hydroxylation is 1. The number of hydrogen-bond donors (Lipinski definition) is 2. The average molecular weight is 521 g/mol. The van der Waals surface area contributed by atoms with E-state index < -0.39 is 0 Å². The minimum Gasteiger partial charge on any atom is -0.491 e. The van der Waals surface area contributed by atoms with Crippen molar-refractivity contribution in [2.24, 2.45) is 4.99 Å². The number of benzene rings is 1. The van der Waals surface area contributed by atoms with Gasteiger partial charge >= 0.3 is 5.97 Å². The lowest BCUT2D eigenvalue weighted by Crippen LogP contribution is -2.37. The summed E-state index contributed by atoms with van der Waals surface area (Å²) in [6, 6.07) is 6.12. The van der Waals surface area contributed by atoms with Gasteiger partial charge in [-0.2, -0.15) is 0 Å². The number of aliphatic imine (C=N–C) groups is 1. The zero-order valence-electron chi connectivity index (χ0n) is 18.1. The van der Waals surface area contributed by atoms with Crippen LogP contribution in [0.4, 0.5) is 0 Å². The molecule has 0 amide bonds. The molecule has 0 unspecified atom stereocenters. The number of carbonyl (C=O) groups is 1. The monoisotopic (exact) mass is 521 g/mol. The molecule has 0 heterocycles. The van der Waals surface area contributed by atoms with Crippen LogP contribution in [0, 0.1) is 6.92 Å². The molecule has 0 saturated carbocycles. The van der Waals surface area contributed by atoms with Gasteiger partial charge in [-0.05, 0) is 45.7 Å². The summed E-state index contributed by atoms with van der Waals surface area (Å²) in [7, 11) is 0. The van der Waals surface area contributed by atoms with Gasteiger partial charge in [-0.25, -0.2) is 4.99 Å². The minimum absolute atomic E-state index is 0. The summed E-state index contributed by atoms with van der Waals surface area (Å²) in [5.74, 6) is 1.38. The van der Waals surface area contributed by atoms with Gasteiger partial charge in [0.05, 0.1) is 19.8 Å². The third-order valence-electron chi connectivity index (χ3n) is 3.82. The van der Waals surface area contributed by atoms with Crippen LogP contribution in [0.25, 0.3) is 0 Å². The number of hydrogen-bond acceptors (Lipinski definition) is 5. The molecule has 2 N–H and O–H groups in total. The maximum Gasteiger partial charge on any atom is 0.305 e. The smallest absolute Gasteiger partial charge is 0.305 e. The highest BCUT2D eigenvalue weighted by Crippen LogP contribution is 2.21. The highest BCUT2D eigenvalue weighted by molar-refractivity contribution is 14.0. The van der Waals surface area contributed by atoms with Crippen molar-refractivity contribution < 1.29 is 19.0 Å². The highest BCUT2D eigenvalue weighted by atomic mass is 127. The molecule has 0 bridgehead atoms. The van der Waals surface area contributed by atoms with E-state index in [0.29, 0.717) is 58.3 Å². The van der Waals surface area contributed by atoms with Gasteiger partial charge in [0, 0.05) is 31.7 Å². The normalized spacial score (nSPS) is 10.8. The van der Waals surface area contributed by atoms with Crippen LogP contribution >= 0.6 is 24.0 Å². The zero-order chi connectivity index (χ0) is 20.6. The third kappa shape index (κ3) is 12.6. The summed E-state index contributed by atoms with van der Waals surface area (Å²) in [4.78, 5) is 16.0. The van der Waals surface area contributed by atoms with E-state index in [-0.39, 0.29) is 29.9 Å². The van der Waals surface area contributed by atoms with Crippen LogP contribution < -0.4 is 15.4 Å². The van der Waals surface area contributed by atoms with Crippen LogP contribution in [0.15, 0.2) is 23.2 Å². The van der Waals surface area contributed by atoms with E-state index in [1.54, 1.807) is 0 Å². The molecular formula is C21H36IN3O4. The number of carbonyl (C=O) groups excluding carboxylic acids is 1. The fourth-order valence-electron chi connectivity index (χ4n) is 2.46. The summed E-state index contributed by atoms with van der Waals surface area (Å²) in [6.45, 7) is 11.9. The summed E-state index contributed by atoms with van der Waals surface area (Å²) >= 11 is 0. The Hall–Kier alpha value is -1.55. The molecule has 0 atom stereocenters. The van der Waals surface area contributed by atoms with Crippen LogP contribution in [-0.2, 0) is 20.8 Å². The van der Waals surface area contributed by atoms with Crippen LogP contribution in [0.2, 0.25) is 0 Å².